The molecule has 31 heavy (non-hydrogen) atoms. The molecule has 1 aliphatic rings. The fourth-order valence-corrected chi connectivity index (χ4v) is 4.55. The summed E-state index contributed by atoms with van der Waals surface area (Å²) in [5.74, 6) is -0.305. The zero-order chi connectivity index (χ0) is 22.6. The third kappa shape index (κ3) is 5.84. The van der Waals surface area contributed by atoms with Crippen LogP contribution in [0.1, 0.15) is 11.1 Å². The predicted octanol–water partition coefficient (Wildman–Crippen LogP) is 2.67. The first-order chi connectivity index (χ1) is 14.6. The van der Waals surface area contributed by atoms with Gasteiger partial charge in [0.25, 0.3) is 0 Å². The molecule has 2 aromatic carbocycles. The molecule has 10 heteroatoms. The van der Waals surface area contributed by atoms with Gasteiger partial charge < -0.3 is 4.90 Å². The summed E-state index contributed by atoms with van der Waals surface area (Å²) in [6.07, 6.45) is -4.38. The molecule has 0 radical (unpaired) electrons. The summed E-state index contributed by atoms with van der Waals surface area (Å²) < 4.78 is 64.8. The number of likely N-dealkylation sites (N-methyl/N-ethyl adjacent to an activating group) is 1. The summed E-state index contributed by atoms with van der Waals surface area (Å²) in [4.78, 5) is 16.3. The zero-order valence-corrected chi connectivity index (χ0v) is 17.9. The number of sulfonamides is 1. The second kappa shape index (κ2) is 9.37. The summed E-state index contributed by atoms with van der Waals surface area (Å²) in [7, 11) is -2.39. The predicted molar refractivity (Wildman–Crippen MR) is 110 cm³/mol. The molecule has 6 nitrogen and oxygen atoms in total. The lowest BCUT2D eigenvalue weighted by molar-refractivity contribution is -0.137. The van der Waals surface area contributed by atoms with E-state index >= 15 is 0 Å². The summed E-state index contributed by atoms with van der Waals surface area (Å²) in [5, 5.41) is 0. The minimum atomic E-state index is -4.38. The average Bonchev–Trinajstić information content (AvgIpc) is 2.74. The van der Waals surface area contributed by atoms with Crippen LogP contribution in [0.25, 0.3) is 0 Å². The maximum absolute atomic E-state index is 12.9. The van der Waals surface area contributed by atoms with E-state index in [-0.39, 0.29) is 17.3 Å². The van der Waals surface area contributed by atoms with E-state index in [1.165, 1.54) is 25.2 Å². The normalized spacial score (nSPS) is 16.0. The zero-order valence-electron chi connectivity index (χ0n) is 17.0. The van der Waals surface area contributed by atoms with Crippen molar-refractivity contribution in [2.45, 2.75) is 17.6 Å². The largest absolute Gasteiger partial charge is 0.416 e. The topological polar surface area (TPSA) is 60.9 Å². The van der Waals surface area contributed by atoms with Crippen LogP contribution in [0.5, 0.6) is 0 Å². The average molecular weight is 456 g/mol. The summed E-state index contributed by atoms with van der Waals surface area (Å²) in [6.45, 7) is 1.85. The highest BCUT2D eigenvalue weighted by molar-refractivity contribution is 7.89. The van der Waals surface area contributed by atoms with Crippen molar-refractivity contribution in [3.63, 3.8) is 0 Å². The Kier molecular flexibility index (Phi) is 7.03. The fraction of sp³-hybridized carbons (Fsp3) is 0.381. The first-order valence-electron chi connectivity index (χ1n) is 9.75. The Morgan fingerprint density at radius 3 is 2.26 bits per heavy atom. The van der Waals surface area contributed by atoms with E-state index < -0.39 is 21.8 Å². The molecule has 0 atom stereocenters. The molecule has 0 N–H and O–H groups in total. The van der Waals surface area contributed by atoms with Gasteiger partial charge in [0.1, 0.15) is 0 Å². The lowest BCUT2D eigenvalue weighted by Crippen LogP contribution is -2.51. The van der Waals surface area contributed by atoms with Gasteiger partial charge in [-0.3, -0.25) is 9.69 Å². The van der Waals surface area contributed by atoms with Gasteiger partial charge in [-0.1, -0.05) is 36.4 Å². The van der Waals surface area contributed by atoms with Crippen molar-refractivity contribution >= 4 is 15.9 Å². The third-order valence-electron chi connectivity index (χ3n) is 5.19. The lowest BCUT2D eigenvalue weighted by Gasteiger charge is -2.35. The van der Waals surface area contributed by atoms with E-state index in [9.17, 15) is 26.4 Å². The number of amides is 1. The van der Waals surface area contributed by atoms with Crippen LogP contribution in [-0.4, -0.2) is 68.2 Å². The Hall–Kier alpha value is -2.43. The lowest BCUT2D eigenvalue weighted by atomic mass is 10.1. The Bertz CT molecular complexity index is 1010. The number of nitrogens with zero attached hydrogens (tertiary/aromatic N) is 3. The molecule has 2 aromatic rings. The molecule has 0 bridgehead atoms. The van der Waals surface area contributed by atoms with Crippen LogP contribution < -0.4 is 0 Å². The molecule has 0 saturated carbocycles. The Morgan fingerprint density at radius 2 is 1.65 bits per heavy atom. The molecule has 0 unspecified atom stereocenters. The van der Waals surface area contributed by atoms with E-state index in [2.05, 4.69) is 0 Å². The van der Waals surface area contributed by atoms with Crippen molar-refractivity contribution in [3.8, 4) is 0 Å². The van der Waals surface area contributed by atoms with Crippen LogP contribution in [0.2, 0.25) is 0 Å². The quantitative estimate of drug-likeness (QED) is 0.672. The number of hydrogen-bond donors (Lipinski definition) is 0. The molecular formula is C21H24F3N3O3S. The van der Waals surface area contributed by atoms with Crippen molar-refractivity contribution in [1.82, 2.24) is 14.1 Å². The van der Waals surface area contributed by atoms with Gasteiger partial charge in [0.15, 0.2) is 0 Å². The second-order valence-electron chi connectivity index (χ2n) is 7.43. The van der Waals surface area contributed by atoms with Crippen LogP contribution in [0.4, 0.5) is 13.2 Å². The maximum Gasteiger partial charge on any atom is 0.416 e. The van der Waals surface area contributed by atoms with E-state index in [0.717, 1.165) is 16.4 Å². The Morgan fingerprint density at radius 1 is 1.00 bits per heavy atom. The number of rotatable bonds is 6. The van der Waals surface area contributed by atoms with Gasteiger partial charge in [-0.2, -0.15) is 17.5 Å². The number of piperazine rings is 1. The molecule has 1 heterocycles. The smallest absolute Gasteiger partial charge is 0.339 e. The van der Waals surface area contributed by atoms with Crippen molar-refractivity contribution in [2.75, 3.05) is 39.8 Å². The van der Waals surface area contributed by atoms with E-state index in [1.54, 1.807) is 29.2 Å². The molecule has 1 amide bonds. The molecule has 3 rings (SSSR count). The molecule has 1 saturated heterocycles. The van der Waals surface area contributed by atoms with E-state index in [0.29, 0.717) is 38.3 Å². The molecule has 0 aromatic heterocycles. The third-order valence-corrected chi connectivity index (χ3v) is 7.01. The highest BCUT2D eigenvalue weighted by Crippen LogP contribution is 2.29. The number of halogens is 3. The van der Waals surface area contributed by atoms with Gasteiger partial charge >= 0.3 is 6.18 Å². The van der Waals surface area contributed by atoms with Crippen molar-refractivity contribution in [3.05, 3.63) is 65.7 Å². The first-order valence-corrected chi connectivity index (χ1v) is 11.2. The number of benzene rings is 2. The molecule has 0 spiro atoms. The Balaban J connectivity index is 1.53. The highest BCUT2D eigenvalue weighted by Gasteiger charge is 2.31. The highest BCUT2D eigenvalue weighted by atomic mass is 32.2. The number of carbonyl (C=O) groups is 1. The second-order valence-corrected chi connectivity index (χ2v) is 9.47. The van der Waals surface area contributed by atoms with E-state index in [1.807, 2.05) is 4.90 Å². The van der Waals surface area contributed by atoms with Crippen LogP contribution >= 0.6 is 0 Å². The van der Waals surface area contributed by atoms with E-state index in [4.69, 9.17) is 0 Å². The standard InChI is InChI=1S/C21H24F3N3O3S/c1-25(31(29,30)19-8-3-2-4-9-19)16-20(28)27-12-10-26(11-13-27)15-17-6-5-7-18(14-17)21(22,23)24/h2-9,14H,10-13,15-16H2,1H3. The monoisotopic (exact) mass is 455 g/mol. The number of alkyl halides is 3. The number of carbonyl (C=O) groups excluding carboxylic acids is 1. The van der Waals surface area contributed by atoms with Crippen LogP contribution in [0, 0.1) is 0 Å². The fourth-order valence-electron chi connectivity index (χ4n) is 3.41. The van der Waals surface area contributed by atoms with Crippen molar-refractivity contribution in [1.29, 1.82) is 0 Å². The van der Waals surface area contributed by atoms with Crippen LogP contribution in [0.15, 0.2) is 59.5 Å². The van der Waals surface area contributed by atoms with Gasteiger partial charge in [-0.25, -0.2) is 8.42 Å². The summed E-state index contributed by atoms with van der Waals surface area (Å²) in [5.41, 5.74) is -0.121. The molecule has 1 fully saturated rings. The molecule has 168 valence electrons. The van der Waals surface area contributed by atoms with Crippen LogP contribution in [-0.2, 0) is 27.5 Å². The van der Waals surface area contributed by atoms with Crippen LogP contribution in [0.3, 0.4) is 0 Å². The van der Waals surface area contributed by atoms with Gasteiger partial charge in [-0.15, -0.1) is 0 Å². The maximum atomic E-state index is 12.9. The Labute approximate surface area is 179 Å². The summed E-state index contributed by atoms with van der Waals surface area (Å²) >= 11 is 0. The molecular weight excluding hydrogens is 431 g/mol. The molecule has 0 aliphatic carbocycles. The van der Waals surface area contributed by atoms with Gasteiger partial charge in [-0.05, 0) is 23.8 Å². The van der Waals surface area contributed by atoms with Gasteiger partial charge in [0, 0.05) is 39.8 Å². The minimum Gasteiger partial charge on any atom is -0.339 e. The first kappa shape index (κ1) is 23.2. The SMILES string of the molecule is CN(CC(=O)N1CCN(Cc2cccc(C(F)(F)F)c2)CC1)S(=O)(=O)c1ccccc1. The molecule has 1 aliphatic heterocycles. The summed E-state index contributed by atoms with van der Waals surface area (Å²) in [6, 6.07) is 13.1. The van der Waals surface area contributed by atoms with Crippen molar-refractivity contribution in [2.24, 2.45) is 0 Å². The van der Waals surface area contributed by atoms with Gasteiger partial charge in [0.05, 0.1) is 17.0 Å². The number of hydrogen-bond acceptors (Lipinski definition) is 4. The van der Waals surface area contributed by atoms with Gasteiger partial charge in [0.2, 0.25) is 15.9 Å². The minimum absolute atomic E-state index is 0.121. The van der Waals surface area contributed by atoms with Crippen molar-refractivity contribution < 1.29 is 26.4 Å².